The van der Waals surface area contributed by atoms with Crippen molar-refractivity contribution in [1.29, 1.82) is 0 Å². The van der Waals surface area contributed by atoms with Gasteiger partial charge in [-0.2, -0.15) is 0 Å². The number of rotatable bonds is 0. The van der Waals surface area contributed by atoms with Gasteiger partial charge in [-0.25, -0.2) is 0 Å². The fourth-order valence-corrected chi connectivity index (χ4v) is 0. The summed E-state index contributed by atoms with van der Waals surface area (Å²) in [6.45, 7) is 0. The minimum Gasteiger partial charge on any atom is -0.870 e. The first kappa shape index (κ1) is 42.9. The Kier molecular flexibility index (Phi) is 56.5. The van der Waals surface area contributed by atoms with Crippen LogP contribution in [0.2, 0.25) is 0 Å². The Labute approximate surface area is 176 Å². The summed E-state index contributed by atoms with van der Waals surface area (Å²) in [6, 6.07) is 0. The molecule has 0 amide bonds. The van der Waals surface area contributed by atoms with Crippen LogP contribution in [-0.4, -0.2) is 159 Å². The Balaban J connectivity index is -0.0000000128. The van der Waals surface area contributed by atoms with E-state index in [-0.39, 0.29) is 124 Å². The van der Waals surface area contributed by atoms with E-state index in [4.69, 9.17) is 35.0 Å². The summed E-state index contributed by atoms with van der Waals surface area (Å²) < 4.78 is 68.2. The first-order chi connectivity index (χ1) is 4.00. The van der Waals surface area contributed by atoms with Crippen molar-refractivity contribution in [2.75, 3.05) is 0 Å². The Morgan fingerprint density at radius 1 is 0.533 bits per heavy atom. The predicted molar refractivity (Wildman–Crippen MR) is 42.1 cm³/mol. The first-order valence-corrected chi connectivity index (χ1v) is 4.00. The standard InChI is InChI=1S/3Ca.2H2O4S.2H2O/c;;;2*1-5(2,3)4;;/h;;;2*(H2,1,2,3,4);2*1H2/q3*+2;;;;/p-6. The summed E-state index contributed by atoms with van der Waals surface area (Å²) in [4.78, 5) is 0. The van der Waals surface area contributed by atoms with Crippen molar-refractivity contribution in [2.24, 2.45) is 0 Å². The minimum absolute atomic E-state index is 0. The van der Waals surface area contributed by atoms with Crippen LogP contribution in [-0.2, 0) is 20.8 Å². The van der Waals surface area contributed by atoms with Crippen LogP contribution in [0, 0.1) is 0 Å². The monoisotopic (exact) mass is 346 g/mol. The third kappa shape index (κ3) is 351. The Morgan fingerprint density at radius 2 is 0.533 bits per heavy atom. The summed E-state index contributed by atoms with van der Waals surface area (Å²) in [5, 5.41) is 0. The molecule has 0 heterocycles. The molecule has 80 valence electrons. The van der Waals surface area contributed by atoms with Crippen LogP contribution in [0.25, 0.3) is 0 Å². The molecule has 0 aromatic carbocycles. The fraction of sp³-hybridized carbons (Fsp3) is 0. The Bertz CT molecular complexity index is 215. The molecule has 0 aromatic heterocycles. The quantitative estimate of drug-likeness (QED) is 0.234. The van der Waals surface area contributed by atoms with Crippen molar-refractivity contribution in [3.8, 4) is 0 Å². The molecule has 2 N–H and O–H groups in total. The summed E-state index contributed by atoms with van der Waals surface area (Å²) in [7, 11) is -10.3. The van der Waals surface area contributed by atoms with Crippen LogP contribution in [0.15, 0.2) is 0 Å². The van der Waals surface area contributed by atoms with Crippen molar-refractivity contribution in [3.05, 3.63) is 0 Å². The zero-order valence-electron chi connectivity index (χ0n) is 7.10. The maximum atomic E-state index is 8.52. The van der Waals surface area contributed by atoms with Crippen LogP contribution >= 0.6 is 0 Å². The maximum Gasteiger partial charge on any atom is 2.00 e. The van der Waals surface area contributed by atoms with Gasteiger partial charge < -0.3 is 29.2 Å². The van der Waals surface area contributed by atoms with E-state index in [0.717, 1.165) is 0 Å². The molecule has 15 heteroatoms. The van der Waals surface area contributed by atoms with Gasteiger partial charge in [0.1, 0.15) is 0 Å². The second-order valence-electron chi connectivity index (χ2n) is 0.816. The zero-order valence-corrected chi connectivity index (χ0v) is 15.4. The Morgan fingerprint density at radius 3 is 0.533 bits per heavy atom. The molecule has 0 radical (unpaired) electrons. The normalized spacial score (nSPS) is 7.73. The first-order valence-electron chi connectivity index (χ1n) is 1.33. The third-order valence-electron chi connectivity index (χ3n) is 0. The van der Waals surface area contributed by atoms with Crippen LogP contribution in [0.1, 0.15) is 0 Å². The molecule has 0 saturated heterocycles. The molecular weight excluding hydrogens is 344 g/mol. The molecule has 0 aliphatic carbocycles. The van der Waals surface area contributed by atoms with Crippen molar-refractivity contribution >= 4 is 134 Å². The van der Waals surface area contributed by atoms with Gasteiger partial charge in [-0.3, -0.25) is 16.8 Å². The second-order valence-corrected chi connectivity index (χ2v) is 2.45. The molecule has 0 unspecified atom stereocenters. The minimum atomic E-state index is -5.17. The number of hydrogen-bond donors (Lipinski definition) is 0. The van der Waals surface area contributed by atoms with Crippen molar-refractivity contribution in [2.45, 2.75) is 0 Å². The summed E-state index contributed by atoms with van der Waals surface area (Å²) in [5.74, 6) is 0. The maximum absolute atomic E-state index is 8.52. The molecule has 0 bridgehead atoms. The molecule has 10 nitrogen and oxygen atoms in total. The van der Waals surface area contributed by atoms with Gasteiger partial charge >= 0.3 is 113 Å². The van der Waals surface area contributed by atoms with Gasteiger partial charge in [0.25, 0.3) is 0 Å². The second kappa shape index (κ2) is 19.8. The molecule has 0 rings (SSSR count). The zero-order chi connectivity index (χ0) is 9.00. The molecule has 0 saturated carbocycles. The van der Waals surface area contributed by atoms with E-state index in [9.17, 15) is 0 Å². The van der Waals surface area contributed by atoms with Gasteiger partial charge in [-0.1, -0.05) is 0 Å². The number of hydrogen-bond acceptors (Lipinski definition) is 10. The molecular formula is H2Ca3O10S2. The Hall–Kier alpha value is 3.44. The molecule has 0 aromatic rings. The smallest absolute Gasteiger partial charge is 0.870 e. The van der Waals surface area contributed by atoms with Crippen molar-refractivity contribution in [1.82, 2.24) is 0 Å². The third-order valence-corrected chi connectivity index (χ3v) is 0. The average molecular weight is 346 g/mol. The van der Waals surface area contributed by atoms with Crippen LogP contribution in [0.4, 0.5) is 0 Å². The van der Waals surface area contributed by atoms with E-state index in [1.165, 1.54) is 0 Å². The van der Waals surface area contributed by atoms with Gasteiger partial charge in [0, 0.05) is 20.8 Å². The van der Waals surface area contributed by atoms with E-state index < -0.39 is 20.8 Å². The molecule has 15 heavy (non-hydrogen) atoms. The van der Waals surface area contributed by atoms with Crippen LogP contribution < -0.4 is 0 Å². The largest absolute Gasteiger partial charge is 2.00 e. The molecule has 0 atom stereocenters. The van der Waals surface area contributed by atoms with E-state index >= 15 is 0 Å². The average Bonchev–Trinajstić information content (AvgIpc) is 1.12. The summed E-state index contributed by atoms with van der Waals surface area (Å²) in [6.07, 6.45) is 0. The van der Waals surface area contributed by atoms with Crippen LogP contribution in [0.3, 0.4) is 0 Å². The molecule has 0 aliphatic rings. The van der Waals surface area contributed by atoms with E-state index in [1.807, 2.05) is 0 Å². The van der Waals surface area contributed by atoms with Crippen LogP contribution in [0.5, 0.6) is 0 Å². The topological polar surface area (TPSA) is 221 Å². The van der Waals surface area contributed by atoms with Crippen molar-refractivity contribution < 1.29 is 46.0 Å². The summed E-state index contributed by atoms with van der Waals surface area (Å²) >= 11 is 0. The SMILES string of the molecule is O=S(=O)([O-])[O-].O=S(=O)([O-])[O-].[Ca+2].[Ca+2].[Ca+2].[OH-].[OH-]. The van der Waals surface area contributed by atoms with E-state index in [1.54, 1.807) is 0 Å². The summed E-state index contributed by atoms with van der Waals surface area (Å²) in [5.41, 5.74) is 0. The van der Waals surface area contributed by atoms with Gasteiger partial charge in [0.05, 0.1) is 0 Å². The molecule has 0 spiro atoms. The van der Waals surface area contributed by atoms with E-state index in [2.05, 4.69) is 0 Å². The van der Waals surface area contributed by atoms with E-state index in [0.29, 0.717) is 0 Å². The predicted octanol–water partition coefficient (Wildman–Crippen LogP) is -4.17. The van der Waals surface area contributed by atoms with Gasteiger partial charge in [-0.15, -0.1) is 0 Å². The molecule has 0 aliphatic heterocycles. The van der Waals surface area contributed by atoms with Gasteiger partial charge in [-0.05, 0) is 0 Å². The fourth-order valence-electron chi connectivity index (χ4n) is 0. The van der Waals surface area contributed by atoms with Gasteiger partial charge in [0.2, 0.25) is 0 Å². The van der Waals surface area contributed by atoms with Gasteiger partial charge in [0.15, 0.2) is 0 Å². The van der Waals surface area contributed by atoms with Crippen molar-refractivity contribution in [3.63, 3.8) is 0 Å². The molecule has 0 fully saturated rings.